The molecule has 1 aliphatic carbocycles. The summed E-state index contributed by atoms with van der Waals surface area (Å²) in [5, 5.41) is 2.96. The maximum Gasteiger partial charge on any atom is 0.233 e. The Labute approximate surface area is 86.4 Å². The van der Waals surface area contributed by atoms with Gasteiger partial charge in [-0.3, -0.25) is 4.79 Å². The lowest BCUT2D eigenvalue weighted by Crippen LogP contribution is -2.41. The first-order chi connectivity index (χ1) is 6.63. The van der Waals surface area contributed by atoms with Crippen molar-refractivity contribution >= 4 is 5.91 Å². The molecule has 1 saturated carbocycles. The Bertz CT molecular complexity index is 184. The SMILES string of the molecule is CC(C)[C@H]1CC[C@H](NC(=O)CN)CC1. The normalized spacial score (nSPS) is 27.7. The highest BCUT2D eigenvalue weighted by atomic mass is 16.1. The summed E-state index contributed by atoms with van der Waals surface area (Å²) in [6.45, 7) is 4.68. The predicted octanol–water partition coefficient (Wildman–Crippen LogP) is 1.28. The van der Waals surface area contributed by atoms with Crippen molar-refractivity contribution in [3.05, 3.63) is 0 Å². The fourth-order valence-corrected chi connectivity index (χ4v) is 2.22. The second-order valence-electron chi connectivity index (χ2n) is 4.63. The average molecular weight is 198 g/mol. The molecule has 0 heterocycles. The Balaban J connectivity index is 2.25. The van der Waals surface area contributed by atoms with Crippen molar-refractivity contribution < 1.29 is 4.79 Å². The number of carbonyl (C=O) groups excluding carboxylic acids is 1. The Morgan fingerprint density at radius 3 is 2.36 bits per heavy atom. The maximum atomic E-state index is 11.1. The summed E-state index contributed by atoms with van der Waals surface area (Å²) < 4.78 is 0. The fourth-order valence-electron chi connectivity index (χ4n) is 2.22. The molecule has 0 saturated heterocycles. The molecular formula is C11H22N2O. The smallest absolute Gasteiger partial charge is 0.233 e. The van der Waals surface area contributed by atoms with Gasteiger partial charge in [0.2, 0.25) is 5.91 Å². The van der Waals surface area contributed by atoms with E-state index in [1.807, 2.05) is 0 Å². The van der Waals surface area contributed by atoms with Gasteiger partial charge in [-0.25, -0.2) is 0 Å². The average Bonchev–Trinajstić information content (AvgIpc) is 2.18. The third-order valence-electron chi connectivity index (χ3n) is 3.27. The summed E-state index contributed by atoms with van der Waals surface area (Å²) in [5.74, 6) is 1.61. The minimum atomic E-state index is -0.0157. The summed E-state index contributed by atoms with van der Waals surface area (Å²) in [6.07, 6.45) is 4.73. The Kier molecular flexibility index (Phi) is 4.39. The van der Waals surface area contributed by atoms with Crippen LogP contribution < -0.4 is 11.1 Å². The van der Waals surface area contributed by atoms with Gasteiger partial charge in [-0.15, -0.1) is 0 Å². The molecule has 1 rings (SSSR count). The number of amides is 1. The molecule has 0 unspecified atom stereocenters. The molecular weight excluding hydrogens is 176 g/mol. The van der Waals surface area contributed by atoms with Crippen LogP contribution in [0.15, 0.2) is 0 Å². The topological polar surface area (TPSA) is 55.1 Å². The molecule has 0 atom stereocenters. The van der Waals surface area contributed by atoms with Gasteiger partial charge < -0.3 is 11.1 Å². The van der Waals surface area contributed by atoms with Crippen molar-refractivity contribution in [2.75, 3.05) is 6.54 Å². The number of carbonyl (C=O) groups is 1. The van der Waals surface area contributed by atoms with Crippen LogP contribution in [0, 0.1) is 11.8 Å². The second kappa shape index (κ2) is 5.35. The Morgan fingerprint density at radius 2 is 1.93 bits per heavy atom. The zero-order valence-electron chi connectivity index (χ0n) is 9.25. The van der Waals surface area contributed by atoms with Gasteiger partial charge in [-0.1, -0.05) is 13.8 Å². The van der Waals surface area contributed by atoms with E-state index in [-0.39, 0.29) is 12.5 Å². The van der Waals surface area contributed by atoms with Crippen LogP contribution in [0.25, 0.3) is 0 Å². The van der Waals surface area contributed by atoms with Crippen molar-refractivity contribution in [3.63, 3.8) is 0 Å². The Morgan fingerprint density at radius 1 is 1.36 bits per heavy atom. The number of hydrogen-bond donors (Lipinski definition) is 2. The molecule has 3 N–H and O–H groups in total. The van der Waals surface area contributed by atoms with E-state index in [0.717, 1.165) is 24.7 Å². The van der Waals surface area contributed by atoms with E-state index >= 15 is 0 Å². The minimum absolute atomic E-state index is 0.0157. The van der Waals surface area contributed by atoms with Crippen LogP contribution in [0.1, 0.15) is 39.5 Å². The van der Waals surface area contributed by atoms with Gasteiger partial charge in [0, 0.05) is 6.04 Å². The maximum absolute atomic E-state index is 11.1. The minimum Gasteiger partial charge on any atom is -0.352 e. The van der Waals surface area contributed by atoms with Crippen LogP contribution in [-0.4, -0.2) is 18.5 Å². The van der Waals surface area contributed by atoms with Gasteiger partial charge in [0.1, 0.15) is 0 Å². The zero-order valence-corrected chi connectivity index (χ0v) is 9.25. The number of nitrogens with two attached hydrogens (primary N) is 1. The first-order valence-corrected chi connectivity index (χ1v) is 5.63. The van der Waals surface area contributed by atoms with Crippen LogP contribution in [-0.2, 0) is 4.79 Å². The molecule has 82 valence electrons. The molecule has 14 heavy (non-hydrogen) atoms. The highest BCUT2D eigenvalue weighted by Crippen LogP contribution is 2.29. The molecule has 0 bridgehead atoms. The van der Waals surface area contributed by atoms with E-state index in [1.165, 1.54) is 12.8 Å². The number of rotatable bonds is 3. The summed E-state index contributed by atoms with van der Waals surface area (Å²) in [4.78, 5) is 11.1. The molecule has 0 aromatic carbocycles. The van der Waals surface area contributed by atoms with E-state index < -0.39 is 0 Å². The van der Waals surface area contributed by atoms with Crippen molar-refractivity contribution in [3.8, 4) is 0 Å². The summed E-state index contributed by atoms with van der Waals surface area (Å²) in [6, 6.07) is 0.376. The monoisotopic (exact) mass is 198 g/mol. The summed E-state index contributed by atoms with van der Waals surface area (Å²) in [7, 11) is 0. The van der Waals surface area contributed by atoms with Crippen molar-refractivity contribution in [1.29, 1.82) is 0 Å². The first-order valence-electron chi connectivity index (χ1n) is 5.63. The van der Waals surface area contributed by atoms with E-state index in [9.17, 15) is 4.79 Å². The van der Waals surface area contributed by atoms with E-state index in [2.05, 4.69) is 19.2 Å². The fraction of sp³-hybridized carbons (Fsp3) is 0.909. The molecule has 1 fully saturated rings. The zero-order chi connectivity index (χ0) is 10.6. The molecule has 1 amide bonds. The molecule has 3 heteroatoms. The number of hydrogen-bond acceptors (Lipinski definition) is 2. The van der Waals surface area contributed by atoms with Crippen LogP contribution >= 0.6 is 0 Å². The standard InChI is InChI=1S/C11H22N2O/c1-8(2)9-3-5-10(6-4-9)13-11(14)7-12/h8-10H,3-7,12H2,1-2H3,(H,13,14)/t9-,10-. The summed E-state index contributed by atoms with van der Waals surface area (Å²) >= 11 is 0. The lowest BCUT2D eigenvalue weighted by Gasteiger charge is -2.31. The third kappa shape index (κ3) is 3.29. The molecule has 0 aromatic rings. The van der Waals surface area contributed by atoms with Gasteiger partial charge in [0.15, 0.2) is 0 Å². The van der Waals surface area contributed by atoms with E-state index in [1.54, 1.807) is 0 Å². The van der Waals surface area contributed by atoms with Crippen molar-refractivity contribution in [2.24, 2.45) is 17.6 Å². The third-order valence-corrected chi connectivity index (χ3v) is 3.27. The Hall–Kier alpha value is -0.570. The molecule has 0 aliphatic heterocycles. The van der Waals surface area contributed by atoms with Gasteiger partial charge in [-0.05, 0) is 37.5 Å². The van der Waals surface area contributed by atoms with Crippen molar-refractivity contribution in [2.45, 2.75) is 45.6 Å². The predicted molar refractivity (Wildman–Crippen MR) is 57.8 cm³/mol. The molecule has 0 spiro atoms. The van der Waals surface area contributed by atoms with Gasteiger partial charge >= 0.3 is 0 Å². The second-order valence-corrected chi connectivity index (χ2v) is 4.63. The van der Waals surface area contributed by atoms with Crippen LogP contribution in [0.2, 0.25) is 0 Å². The number of nitrogens with one attached hydrogen (secondary N) is 1. The van der Waals surface area contributed by atoms with E-state index in [0.29, 0.717) is 6.04 Å². The van der Waals surface area contributed by atoms with Crippen LogP contribution in [0.3, 0.4) is 0 Å². The molecule has 1 aliphatic rings. The largest absolute Gasteiger partial charge is 0.352 e. The van der Waals surface area contributed by atoms with Crippen LogP contribution in [0.4, 0.5) is 0 Å². The lowest BCUT2D eigenvalue weighted by molar-refractivity contribution is -0.120. The first kappa shape index (κ1) is 11.5. The highest BCUT2D eigenvalue weighted by Gasteiger charge is 2.23. The van der Waals surface area contributed by atoms with E-state index in [4.69, 9.17) is 5.73 Å². The quantitative estimate of drug-likeness (QED) is 0.717. The highest BCUT2D eigenvalue weighted by molar-refractivity contribution is 5.78. The van der Waals surface area contributed by atoms with Gasteiger partial charge in [0.05, 0.1) is 6.54 Å². The van der Waals surface area contributed by atoms with Crippen molar-refractivity contribution in [1.82, 2.24) is 5.32 Å². The summed E-state index contributed by atoms with van der Waals surface area (Å²) in [5.41, 5.74) is 5.25. The van der Waals surface area contributed by atoms with Gasteiger partial charge in [-0.2, -0.15) is 0 Å². The molecule has 3 nitrogen and oxygen atoms in total. The van der Waals surface area contributed by atoms with Gasteiger partial charge in [0.25, 0.3) is 0 Å². The lowest BCUT2D eigenvalue weighted by atomic mass is 9.80. The van der Waals surface area contributed by atoms with Crippen LogP contribution in [0.5, 0.6) is 0 Å². The molecule has 0 radical (unpaired) electrons. The molecule has 0 aromatic heterocycles.